The lowest BCUT2D eigenvalue weighted by Gasteiger charge is -2.34. The minimum atomic E-state index is -1.20. The van der Waals surface area contributed by atoms with Crippen molar-refractivity contribution < 1.29 is 20.1 Å². The summed E-state index contributed by atoms with van der Waals surface area (Å²) in [6.07, 6.45) is 3.90. The van der Waals surface area contributed by atoms with Gasteiger partial charge in [0.25, 0.3) is 0 Å². The topological polar surface area (TPSA) is 86.0 Å². The Balaban J connectivity index is 1.46. The maximum atomic E-state index is 10.1. The van der Waals surface area contributed by atoms with E-state index >= 15 is 0 Å². The first-order valence-corrected chi connectivity index (χ1v) is 10.8. The molecular weight excluding hydrogens is 376 g/mol. The number of rotatable bonds is 4. The van der Waals surface area contributed by atoms with Crippen molar-refractivity contribution in [3.8, 4) is 16.9 Å². The zero-order valence-electron chi connectivity index (χ0n) is 15.6. The molecule has 28 heavy (non-hydrogen) atoms. The predicted molar refractivity (Wildman–Crippen MR) is 111 cm³/mol. The van der Waals surface area contributed by atoms with Crippen molar-refractivity contribution in [2.45, 2.75) is 43.0 Å². The number of aromatic nitrogens is 1. The number of benzene rings is 1. The summed E-state index contributed by atoms with van der Waals surface area (Å²) in [5.41, 5.74) is 2.58. The van der Waals surface area contributed by atoms with Crippen molar-refractivity contribution in [1.82, 2.24) is 4.98 Å². The Morgan fingerprint density at radius 1 is 0.929 bits per heavy atom. The van der Waals surface area contributed by atoms with E-state index in [0.29, 0.717) is 11.5 Å². The highest BCUT2D eigenvalue weighted by atomic mass is 32.2. The summed E-state index contributed by atoms with van der Waals surface area (Å²) in [4.78, 5) is 6.68. The third-order valence-electron chi connectivity index (χ3n) is 5.34. The molecule has 6 nitrogen and oxygen atoms in total. The molecule has 2 saturated heterocycles. The van der Waals surface area contributed by atoms with Crippen LogP contribution in [0.25, 0.3) is 11.1 Å². The molecule has 1 aromatic carbocycles. The van der Waals surface area contributed by atoms with E-state index in [-0.39, 0.29) is 0 Å². The Bertz CT molecular complexity index is 782. The van der Waals surface area contributed by atoms with Gasteiger partial charge in [0.2, 0.25) is 0 Å². The van der Waals surface area contributed by atoms with Crippen molar-refractivity contribution in [2.75, 3.05) is 23.7 Å². The minimum Gasteiger partial charge on any atom is -0.475 e. The van der Waals surface area contributed by atoms with Crippen LogP contribution in [-0.2, 0) is 0 Å². The van der Waals surface area contributed by atoms with Gasteiger partial charge in [-0.05, 0) is 43.0 Å². The van der Waals surface area contributed by atoms with Crippen LogP contribution in [0.15, 0.2) is 42.7 Å². The van der Waals surface area contributed by atoms with Crippen molar-refractivity contribution in [3.05, 3.63) is 42.7 Å². The summed E-state index contributed by atoms with van der Waals surface area (Å²) in [6.45, 7) is 2.23. The van der Waals surface area contributed by atoms with Crippen molar-refractivity contribution in [3.63, 3.8) is 0 Å². The fourth-order valence-electron chi connectivity index (χ4n) is 3.68. The van der Waals surface area contributed by atoms with Crippen LogP contribution in [0.5, 0.6) is 5.75 Å². The highest BCUT2D eigenvalue weighted by Crippen LogP contribution is 2.31. The van der Waals surface area contributed by atoms with Gasteiger partial charge in [0.15, 0.2) is 5.44 Å². The molecule has 4 rings (SSSR count). The fraction of sp³-hybridized carbons (Fsp3) is 0.476. The number of hydrogen-bond acceptors (Lipinski definition) is 7. The van der Waals surface area contributed by atoms with Crippen molar-refractivity contribution in [2.24, 2.45) is 0 Å². The van der Waals surface area contributed by atoms with Gasteiger partial charge in [0, 0.05) is 36.3 Å². The SMILES string of the molecule is O[C@@H]1[C@@H](O)[C@H](Oc2cncc(-c3ccc(N4CCCCC4)cc3)c2)SC[C@H]1O. The molecule has 1 aromatic heterocycles. The second kappa shape index (κ2) is 8.69. The van der Waals surface area contributed by atoms with Gasteiger partial charge in [-0.1, -0.05) is 12.1 Å². The number of thioether (sulfide) groups is 1. The van der Waals surface area contributed by atoms with Crippen LogP contribution in [0, 0.1) is 0 Å². The summed E-state index contributed by atoms with van der Waals surface area (Å²) in [6, 6.07) is 10.4. The van der Waals surface area contributed by atoms with E-state index < -0.39 is 23.7 Å². The molecule has 150 valence electrons. The molecule has 0 radical (unpaired) electrons. The van der Waals surface area contributed by atoms with Gasteiger partial charge in [0.1, 0.15) is 18.0 Å². The van der Waals surface area contributed by atoms with Crippen LogP contribution in [0.3, 0.4) is 0 Å². The van der Waals surface area contributed by atoms with Crippen molar-refractivity contribution >= 4 is 17.4 Å². The number of hydrogen-bond donors (Lipinski definition) is 3. The molecular formula is C21H26N2O4S. The number of anilines is 1. The lowest BCUT2D eigenvalue weighted by molar-refractivity contribution is -0.0786. The monoisotopic (exact) mass is 402 g/mol. The Morgan fingerprint density at radius 3 is 2.43 bits per heavy atom. The van der Waals surface area contributed by atoms with E-state index in [1.165, 1.54) is 36.7 Å². The molecule has 2 aliphatic rings. The molecule has 0 bridgehead atoms. The minimum absolute atomic E-state index is 0.313. The fourth-order valence-corrected chi connectivity index (χ4v) is 4.80. The van der Waals surface area contributed by atoms with E-state index in [2.05, 4.69) is 34.1 Å². The first-order chi connectivity index (χ1) is 13.6. The summed E-state index contributed by atoms with van der Waals surface area (Å²) in [7, 11) is 0. The Hall–Kier alpha value is -1.80. The van der Waals surface area contributed by atoms with Gasteiger partial charge in [-0.2, -0.15) is 0 Å². The number of nitrogens with zero attached hydrogens (tertiary/aromatic N) is 2. The third-order valence-corrected chi connectivity index (χ3v) is 6.58. The Kier molecular flexibility index (Phi) is 6.06. The van der Waals surface area contributed by atoms with Gasteiger partial charge < -0.3 is 25.0 Å². The van der Waals surface area contributed by atoms with Crippen LogP contribution < -0.4 is 9.64 Å². The normalized spacial score (nSPS) is 28.2. The van der Waals surface area contributed by atoms with E-state index in [4.69, 9.17) is 4.74 Å². The maximum absolute atomic E-state index is 10.1. The molecule has 0 amide bonds. The summed E-state index contributed by atoms with van der Waals surface area (Å²) >= 11 is 1.28. The second-order valence-corrected chi connectivity index (χ2v) is 8.50. The third kappa shape index (κ3) is 4.27. The quantitative estimate of drug-likeness (QED) is 0.723. The van der Waals surface area contributed by atoms with E-state index in [1.807, 2.05) is 6.07 Å². The van der Waals surface area contributed by atoms with Gasteiger partial charge in [0.05, 0.1) is 12.3 Å². The highest BCUT2D eigenvalue weighted by molar-refractivity contribution is 7.99. The molecule has 4 atom stereocenters. The molecule has 3 N–H and O–H groups in total. The lowest BCUT2D eigenvalue weighted by Crippen LogP contribution is -2.50. The molecule has 0 saturated carbocycles. The first kappa shape index (κ1) is 19.5. The number of aliphatic hydroxyl groups excluding tert-OH is 3. The van der Waals surface area contributed by atoms with E-state index in [9.17, 15) is 15.3 Å². The van der Waals surface area contributed by atoms with Crippen LogP contribution in [0.2, 0.25) is 0 Å². The average molecular weight is 403 g/mol. The van der Waals surface area contributed by atoms with Gasteiger partial charge in [-0.15, -0.1) is 11.8 Å². The molecule has 0 unspecified atom stereocenters. The van der Waals surface area contributed by atoms with E-state index in [0.717, 1.165) is 24.2 Å². The number of aliphatic hydroxyl groups is 3. The number of piperidine rings is 1. The van der Waals surface area contributed by atoms with Gasteiger partial charge >= 0.3 is 0 Å². The molecule has 0 spiro atoms. The molecule has 2 aliphatic heterocycles. The zero-order valence-corrected chi connectivity index (χ0v) is 16.5. The van der Waals surface area contributed by atoms with E-state index in [1.54, 1.807) is 12.4 Å². The van der Waals surface area contributed by atoms with Crippen molar-refractivity contribution in [1.29, 1.82) is 0 Å². The number of pyridine rings is 1. The molecule has 0 aliphatic carbocycles. The molecule has 2 fully saturated rings. The van der Waals surface area contributed by atoms with Crippen LogP contribution in [0.4, 0.5) is 5.69 Å². The highest BCUT2D eigenvalue weighted by Gasteiger charge is 2.38. The van der Waals surface area contributed by atoms with Crippen LogP contribution in [0.1, 0.15) is 19.3 Å². The largest absolute Gasteiger partial charge is 0.475 e. The van der Waals surface area contributed by atoms with Gasteiger partial charge in [-0.25, -0.2) is 0 Å². The summed E-state index contributed by atoms with van der Waals surface area (Å²) in [5, 5.41) is 29.6. The van der Waals surface area contributed by atoms with Crippen LogP contribution >= 0.6 is 11.8 Å². The predicted octanol–water partition coefficient (Wildman–Crippen LogP) is 2.27. The summed E-state index contributed by atoms with van der Waals surface area (Å²) in [5.74, 6) is 0.839. The molecule has 2 aromatic rings. The summed E-state index contributed by atoms with van der Waals surface area (Å²) < 4.78 is 5.84. The molecule has 3 heterocycles. The van der Waals surface area contributed by atoms with Gasteiger partial charge in [-0.3, -0.25) is 4.98 Å². The molecule has 7 heteroatoms. The smallest absolute Gasteiger partial charge is 0.173 e. The maximum Gasteiger partial charge on any atom is 0.173 e. The lowest BCUT2D eigenvalue weighted by atomic mass is 10.1. The van der Waals surface area contributed by atoms with Crippen LogP contribution in [-0.4, -0.2) is 62.9 Å². The standard InChI is InChI=1S/C21H26N2O4S/c24-18-13-28-21(20(26)19(18)25)27-17-10-15(11-22-12-17)14-4-6-16(7-5-14)23-8-2-1-3-9-23/h4-7,10-12,18-21,24-26H,1-3,8-9,13H2/t18-,19+,20-,21-/m1/s1. The Labute approximate surface area is 169 Å². The zero-order chi connectivity index (χ0) is 19.5. The second-order valence-electron chi connectivity index (χ2n) is 7.37. The number of ether oxygens (including phenoxy) is 1. The first-order valence-electron chi connectivity index (χ1n) is 9.75. The average Bonchev–Trinajstić information content (AvgIpc) is 2.75. The Morgan fingerprint density at radius 2 is 1.68 bits per heavy atom.